The quantitative estimate of drug-likeness (QED) is 0.922. The number of hydrogen-bond donors (Lipinski definition) is 1. The van der Waals surface area contributed by atoms with Gasteiger partial charge in [-0.25, -0.2) is 8.78 Å². The lowest BCUT2D eigenvalue weighted by Crippen LogP contribution is -2.45. The monoisotopic (exact) mass is 282 g/mol. The molecule has 1 heterocycles. The normalized spacial score (nSPS) is 20.8. The fraction of sp³-hybridized carbons (Fsp3) is 0.533. The van der Waals surface area contributed by atoms with Crippen LogP contribution in [0, 0.1) is 17.6 Å². The second-order valence-corrected chi connectivity index (χ2v) is 5.53. The molecule has 20 heavy (non-hydrogen) atoms. The molecular weight excluding hydrogens is 262 g/mol. The summed E-state index contributed by atoms with van der Waals surface area (Å²) in [6.07, 6.45) is 2.07. The summed E-state index contributed by atoms with van der Waals surface area (Å²) in [5.41, 5.74) is 6.39. The molecule has 1 aromatic carbocycles. The van der Waals surface area contributed by atoms with Crippen molar-refractivity contribution in [2.45, 2.75) is 32.2 Å². The third-order valence-electron chi connectivity index (χ3n) is 3.89. The highest BCUT2D eigenvalue weighted by molar-refractivity contribution is 5.78. The second-order valence-electron chi connectivity index (χ2n) is 5.53. The van der Waals surface area contributed by atoms with E-state index in [0.717, 1.165) is 25.0 Å². The SMILES string of the molecule is C[C@@H](N)[C@@H]1CCCN(C(=O)Cc2ccc(F)c(F)c2)C1. The molecule has 0 bridgehead atoms. The van der Waals surface area contributed by atoms with E-state index in [1.165, 1.54) is 6.07 Å². The number of hydrogen-bond acceptors (Lipinski definition) is 2. The Morgan fingerprint density at radius 2 is 2.20 bits per heavy atom. The maximum atomic E-state index is 13.1. The zero-order valence-corrected chi connectivity index (χ0v) is 11.6. The smallest absolute Gasteiger partial charge is 0.227 e. The molecule has 110 valence electrons. The number of carbonyl (C=O) groups is 1. The molecule has 0 saturated carbocycles. The molecule has 0 unspecified atom stereocenters. The molecule has 1 fully saturated rings. The predicted molar refractivity (Wildman–Crippen MR) is 73.0 cm³/mol. The highest BCUT2D eigenvalue weighted by atomic mass is 19.2. The summed E-state index contributed by atoms with van der Waals surface area (Å²) in [7, 11) is 0. The van der Waals surface area contributed by atoms with Crippen molar-refractivity contribution in [3.8, 4) is 0 Å². The summed E-state index contributed by atoms with van der Waals surface area (Å²) in [5, 5.41) is 0. The van der Waals surface area contributed by atoms with Crippen molar-refractivity contribution >= 4 is 5.91 Å². The van der Waals surface area contributed by atoms with Crippen molar-refractivity contribution < 1.29 is 13.6 Å². The van der Waals surface area contributed by atoms with Gasteiger partial charge in [-0.3, -0.25) is 4.79 Å². The maximum absolute atomic E-state index is 13.1. The van der Waals surface area contributed by atoms with E-state index < -0.39 is 11.6 Å². The lowest BCUT2D eigenvalue weighted by molar-refractivity contribution is -0.132. The number of amides is 1. The molecule has 5 heteroatoms. The van der Waals surface area contributed by atoms with Gasteiger partial charge in [0.2, 0.25) is 5.91 Å². The van der Waals surface area contributed by atoms with Crippen LogP contribution in [0.25, 0.3) is 0 Å². The Morgan fingerprint density at radius 1 is 1.45 bits per heavy atom. The molecule has 1 aliphatic heterocycles. The van der Waals surface area contributed by atoms with Crippen LogP contribution in [0.2, 0.25) is 0 Å². The van der Waals surface area contributed by atoms with Gasteiger partial charge < -0.3 is 10.6 Å². The van der Waals surface area contributed by atoms with E-state index in [4.69, 9.17) is 5.73 Å². The topological polar surface area (TPSA) is 46.3 Å². The number of nitrogens with two attached hydrogens (primary N) is 1. The number of halogens is 2. The standard InChI is InChI=1S/C15H20F2N2O/c1-10(18)12-3-2-6-19(9-12)15(20)8-11-4-5-13(16)14(17)7-11/h4-5,7,10,12H,2-3,6,8-9,18H2,1H3/t10-,12-/m1/s1. The number of benzene rings is 1. The van der Waals surface area contributed by atoms with Gasteiger partial charge in [-0.15, -0.1) is 0 Å². The van der Waals surface area contributed by atoms with Gasteiger partial charge in [0, 0.05) is 19.1 Å². The Labute approximate surface area is 117 Å². The lowest BCUT2D eigenvalue weighted by atomic mass is 9.92. The van der Waals surface area contributed by atoms with Crippen LogP contribution in [0.15, 0.2) is 18.2 Å². The van der Waals surface area contributed by atoms with Crippen molar-refractivity contribution in [1.82, 2.24) is 4.90 Å². The van der Waals surface area contributed by atoms with Crippen LogP contribution < -0.4 is 5.73 Å². The largest absolute Gasteiger partial charge is 0.342 e. The highest BCUT2D eigenvalue weighted by Gasteiger charge is 2.25. The van der Waals surface area contributed by atoms with Crippen molar-refractivity contribution in [2.75, 3.05) is 13.1 Å². The van der Waals surface area contributed by atoms with Crippen molar-refractivity contribution in [3.63, 3.8) is 0 Å². The molecule has 2 N–H and O–H groups in total. The minimum absolute atomic E-state index is 0.0543. The third-order valence-corrected chi connectivity index (χ3v) is 3.89. The fourth-order valence-electron chi connectivity index (χ4n) is 2.60. The van der Waals surface area contributed by atoms with Gasteiger partial charge in [0.1, 0.15) is 0 Å². The number of piperidine rings is 1. The molecular formula is C15H20F2N2O. The molecule has 1 saturated heterocycles. The van der Waals surface area contributed by atoms with Gasteiger partial charge in [-0.1, -0.05) is 6.07 Å². The van der Waals surface area contributed by atoms with E-state index in [1.807, 2.05) is 6.92 Å². The van der Waals surface area contributed by atoms with Gasteiger partial charge in [-0.2, -0.15) is 0 Å². The van der Waals surface area contributed by atoms with E-state index in [1.54, 1.807) is 4.90 Å². The molecule has 3 nitrogen and oxygen atoms in total. The van der Waals surface area contributed by atoms with Crippen molar-refractivity contribution in [1.29, 1.82) is 0 Å². The van der Waals surface area contributed by atoms with Gasteiger partial charge in [-0.05, 0) is 43.4 Å². The minimum Gasteiger partial charge on any atom is -0.342 e. The van der Waals surface area contributed by atoms with Gasteiger partial charge >= 0.3 is 0 Å². The van der Waals surface area contributed by atoms with E-state index in [-0.39, 0.29) is 18.4 Å². The number of carbonyl (C=O) groups excluding carboxylic acids is 1. The average Bonchev–Trinajstić information content (AvgIpc) is 2.43. The van der Waals surface area contributed by atoms with Crippen LogP contribution in [0.3, 0.4) is 0 Å². The van der Waals surface area contributed by atoms with E-state index in [2.05, 4.69) is 0 Å². The van der Waals surface area contributed by atoms with E-state index in [9.17, 15) is 13.6 Å². The molecule has 0 spiro atoms. The zero-order valence-electron chi connectivity index (χ0n) is 11.6. The summed E-state index contributed by atoms with van der Waals surface area (Å²) in [6, 6.07) is 3.65. The van der Waals surface area contributed by atoms with E-state index in [0.29, 0.717) is 24.6 Å². The van der Waals surface area contributed by atoms with Gasteiger partial charge in [0.25, 0.3) is 0 Å². The molecule has 2 rings (SSSR count). The Morgan fingerprint density at radius 3 is 2.85 bits per heavy atom. The second kappa shape index (κ2) is 6.31. The van der Waals surface area contributed by atoms with Gasteiger partial charge in [0.05, 0.1) is 6.42 Å². The fourth-order valence-corrected chi connectivity index (χ4v) is 2.60. The molecule has 2 atom stereocenters. The Bertz CT molecular complexity index is 491. The number of nitrogens with zero attached hydrogens (tertiary/aromatic N) is 1. The third kappa shape index (κ3) is 3.54. The van der Waals surface area contributed by atoms with Crippen molar-refractivity contribution in [3.05, 3.63) is 35.4 Å². The lowest BCUT2D eigenvalue weighted by Gasteiger charge is -2.34. The van der Waals surface area contributed by atoms with Gasteiger partial charge in [0.15, 0.2) is 11.6 Å². The maximum Gasteiger partial charge on any atom is 0.227 e. The molecule has 0 aromatic heterocycles. The summed E-state index contributed by atoms with van der Waals surface area (Å²) in [5.74, 6) is -1.54. The van der Waals surface area contributed by atoms with Crippen LogP contribution in [0.1, 0.15) is 25.3 Å². The van der Waals surface area contributed by atoms with Crippen LogP contribution in [-0.4, -0.2) is 29.9 Å². The minimum atomic E-state index is -0.914. The Kier molecular flexibility index (Phi) is 4.70. The molecule has 1 amide bonds. The predicted octanol–water partition coefficient (Wildman–Crippen LogP) is 2.09. The first-order chi connectivity index (χ1) is 9.47. The summed E-state index contributed by atoms with van der Waals surface area (Å²) < 4.78 is 26.0. The Balaban J connectivity index is 1.98. The number of rotatable bonds is 3. The summed E-state index contributed by atoms with van der Waals surface area (Å²) >= 11 is 0. The van der Waals surface area contributed by atoms with Crippen LogP contribution >= 0.6 is 0 Å². The first-order valence-electron chi connectivity index (χ1n) is 6.94. The first kappa shape index (κ1) is 14.9. The Hall–Kier alpha value is -1.49. The summed E-state index contributed by atoms with van der Waals surface area (Å²) in [4.78, 5) is 14.0. The van der Waals surface area contributed by atoms with Crippen LogP contribution in [-0.2, 0) is 11.2 Å². The molecule has 1 aromatic rings. The average molecular weight is 282 g/mol. The van der Waals surface area contributed by atoms with Crippen molar-refractivity contribution in [2.24, 2.45) is 11.7 Å². The number of likely N-dealkylation sites (tertiary alicyclic amines) is 1. The highest BCUT2D eigenvalue weighted by Crippen LogP contribution is 2.20. The van der Waals surface area contributed by atoms with Crippen LogP contribution in [0.5, 0.6) is 0 Å². The first-order valence-corrected chi connectivity index (χ1v) is 6.94. The molecule has 0 radical (unpaired) electrons. The van der Waals surface area contributed by atoms with E-state index >= 15 is 0 Å². The molecule has 0 aliphatic carbocycles. The van der Waals surface area contributed by atoms with Crippen LogP contribution in [0.4, 0.5) is 8.78 Å². The summed E-state index contributed by atoms with van der Waals surface area (Å²) in [6.45, 7) is 3.32. The zero-order chi connectivity index (χ0) is 14.7. The molecule has 1 aliphatic rings.